The Hall–Kier alpha value is -1.49. The number of aryl methyl sites for hydroxylation is 2. The fourth-order valence-corrected chi connectivity index (χ4v) is 3.17. The zero-order valence-corrected chi connectivity index (χ0v) is 13.5. The predicted octanol–water partition coefficient (Wildman–Crippen LogP) is 2.13. The zero-order chi connectivity index (χ0) is 15.2. The molecule has 1 aromatic carbocycles. The summed E-state index contributed by atoms with van der Waals surface area (Å²) >= 11 is 1.69. The highest BCUT2D eigenvalue weighted by Crippen LogP contribution is 2.22. The smallest absolute Gasteiger partial charge is 0.239 e. The summed E-state index contributed by atoms with van der Waals surface area (Å²) in [5.74, 6) is 0.769. The van der Waals surface area contributed by atoms with Gasteiger partial charge in [-0.05, 0) is 43.5 Å². The number of amides is 2. The number of carbonyl (C=O) groups excluding carboxylic acids is 2. The lowest BCUT2D eigenvalue weighted by atomic mass is 10.1. The average Bonchev–Trinajstić information content (AvgIpc) is 2.67. The van der Waals surface area contributed by atoms with Gasteiger partial charge < -0.3 is 10.2 Å². The number of benzene rings is 1. The van der Waals surface area contributed by atoms with Gasteiger partial charge in [-0.25, -0.2) is 0 Å². The topological polar surface area (TPSA) is 49.4 Å². The van der Waals surface area contributed by atoms with Crippen LogP contribution in [0.5, 0.6) is 0 Å². The van der Waals surface area contributed by atoms with E-state index in [9.17, 15) is 9.59 Å². The molecule has 1 fully saturated rings. The second-order valence-corrected chi connectivity index (χ2v) is 6.53. The normalized spacial score (nSPS) is 15.5. The molecule has 1 N–H and O–H groups in total. The number of nitrogens with zero attached hydrogens (tertiary/aromatic N) is 1. The number of carbonyl (C=O) groups is 2. The molecule has 2 amide bonds. The predicted molar refractivity (Wildman–Crippen MR) is 85.5 cm³/mol. The van der Waals surface area contributed by atoms with E-state index in [0.717, 1.165) is 12.2 Å². The Bertz CT molecular complexity index is 531. The summed E-state index contributed by atoms with van der Waals surface area (Å²) in [4.78, 5) is 26.5. The molecule has 0 spiro atoms. The first-order chi connectivity index (χ1) is 10.1. The van der Waals surface area contributed by atoms with Crippen molar-refractivity contribution in [2.24, 2.45) is 0 Å². The Morgan fingerprint density at radius 1 is 1.33 bits per heavy atom. The lowest BCUT2D eigenvalue weighted by Crippen LogP contribution is -2.37. The summed E-state index contributed by atoms with van der Waals surface area (Å²) < 4.78 is 0. The van der Waals surface area contributed by atoms with Crippen LogP contribution in [0.15, 0.2) is 23.1 Å². The van der Waals surface area contributed by atoms with Crippen molar-refractivity contribution in [3.05, 3.63) is 29.3 Å². The lowest BCUT2D eigenvalue weighted by Gasteiger charge is -2.18. The molecule has 1 saturated heterocycles. The fraction of sp³-hybridized carbons (Fsp3) is 0.500. The fourth-order valence-electron chi connectivity index (χ4n) is 2.24. The highest BCUT2D eigenvalue weighted by molar-refractivity contribution is 7.99. The van der Waals surface area contributed by atoms with Crippen LogP contribution in [0.3, 0.4) is 0 Å². The first-order valence-corrected chi connectivity index (χ1v) is 8.29. The molecule has 1 aromatic rings. The van der Waals surface area contributed by atoms with Gasteiger partial charge in [0.25, 0.3) is 0 Å². The molecular formula is C16H22N2O2S. The average molecular weight is 306 g/mol. The largest absolute Gasteiger partial charge is 0.354 e. The molecule has 1 heterocycles. The van der Waals surface area contributed by atoms with Gasteiger partial charge in [0.15, 0.2) is 0 Å². The van der Waals surface area contributed by atoms with E-state index < -0.39 is 0 Å². The van der Waals surface area contributed by atoms with Gasteiger partial charge in [0, 0.05) is 30.2 Å². The number of rotatable bonds is 4. The van der Waals surface area contributed by atoms with Gasteiger partial charge in [0.2, 0.25) is 11.8 Å². The van der Waals surface area contributed by atoms with Crippen molar-refractivity contribution in [2.75, 3.05) is 25.4 Å². The van der Waals surface area contributed by atoms with E-state index in [0.29, 0.717) is 19.5 Å². The van der Waals surface area contributed by atoms with Crippen LogP contribution in [0.4, 0.5) is 0 Å². The summed E-state index contributed by atoms with van der Waals surface area (Å²) in [6.07, 6.45) is 1.31. The minimum atomic E-state index is -0.0531. The van der Waals surface area contributed by atoms with Gasteiger partial charge in [-0.15, -0.1) is 11.8 Å². The van der Waals surface area contributed by atoms with Crippen LogP contribution in [0.2, 0.25) is 0 Å². The number of nitrogens with one attached hydrogen (secondary N) is 1. The summed E-state index contributed by atoms with van der Waals surface area (Å²) in [7, 11) is 0. The molecule has 0 saturated carbocycles. The van der Waals surface area contributed by atoms with Crippen molar-refractivity contribution in [1.29, 1.82) is 0 Å². The highest BCUT2D eigenvalue weighted by atomic mass is 32.2. The summed E-state index contributed by atoms with van der Waals surface area (Å²) in [6.45, 7) is 5.73. The molecule has 0 aliphatic carbocycles. The Morgan fingerprint density at radius 3 is 2.90 bits per heavy atom. The van der Waals surface area contributed by atoms with Crippen LogP contribution >= 0.6 is 11.8 Å². The number of hydrogen-bond donors (Lipinski definition) is 1. The molecule has 0 bridgehead atoms. The third-order valence-corrected chi connectivity index (χ3v) is 4.67. The minimum Gasteiger partial charge on any atom is -0.354 e. The summed E-state index contributed by atoms with van der Waals surface area (Å²) in [5.41, 5.74) is 2.56. The molecule has 1 aliphatic rings. The standard InChI is InChI=1S/C16H22N2O2S/c1-12-4-5-14(10-13(12)2)21-9-6-16(20)18-8-3-7-17-15(19)11-18/h4-5,10H,3,6-9,11H2,1-2H3,(H,17,19). The van der Waals surface area contributed by atoms with E-state index in [-0.39, 0.29) is 18.4 Å². The molecule has 114 valence electrons. The van der Waals surface area contributed by atoms with Crippen molar-refractivity contribution < 1.29 is 9.59 Å². The third kappa shape index (κ3) is 4.77. The zero-order valence-electron chi connectivity index (χ0n) is 12.6. The van der Waals surface area contributed by atoms with Gasteiger partial charge >= 0.3 is 0 Å². The van der Waals surface area contributed by atoms with Crippen LogP contribution in [0.25, 0.3) is 0 Å². The number of hydrogen-bond acceptors (Lipinski definition) is 3. The van der Waals surface area contributed by atoms with Crippen molar-refractivity contribution in [1.82, 2.24) is 10.2 Å². The molecule has 21 heavy (non-hydrogen) atoms. The van der Waals surface area contributed by atoms with Gasteiger partial charge in [-0.1, -0.05) is 6.07 Å². The maximum atomic E-state index is 12.1. The van der Waals surface area contributed by atoms with Crippen molar-refractivity contribution in [3.63, 3.8) is 0 Å². The Balaban J connectivity index is 1.80. The molecule has 2 rings (SSSR count). The molecular weight excluding hydrogens is 284 g/mol. The van der Waals surface area contributed by atoms with Gasteiger partial charge in [0.05, 0.1) is 6.54 Å². The van der Waals surface area contributed by atoms with Crippen LogP contribution in [0.1, 0.15) is 24.0 Å². The van der Waals surface area contributed by atoms with Gasteiger partial charge in [0.1, 0.15) is 0 Å². The second kappa shape index (κ2) is 7.50. The molecule has 4 nitrogen and oxygen atoms in total. The van der Waals surface area contributed by atoms with Crippen LogP contribution in [-0.4, -0.2) is 42.1 Å². The van der Waals surface area contributed by atoms with E-state index in [1.807, 2.05) is 0 Å². The molecule has 0 unspecified atom stereocenters. The highest BCUT2D eigenvalue weighted by Gasteiger charge is 2.19. The summed E-state index contributed by atoms with van der Waals surface area (Å²) in [5, 5.41) is 2.78. The first kappa shape index (κ1) is 15.9. The molecule has 0 atom stereocenters. The third-order valence-electron chi connectivity index (χ3n) is 3.68. The van der Waals surface area contributed by atoms with Crippen LogP contribution in [-0.2, 0) is 9.59 Å². The van der Waals surface area contributed by atoms with Crippen molar-refractivity contribution in [3.8, 4) is 0 Å². The van der Waals surface area contributed by atoms with E-state index in [2.05, 4.69) is 37.4 Å². The molecule has 5 heteroatoms. The maximum Gasteiger partial charge on any atom is 0.239 e. The van der Waals surface area contributed by atoms with E-state index >= 15 is 0 Å². The van der Waals surface area contributed by atoms with Gasteiger partial charge in [-0.3, -0.25) is 9.59 Å². The quantitative estimate of drug-likeness (QED) is 0.867. The Morgan fingerprint density at radius 2 is 2.14 bits per heavy atom. The van der Waals surface area contributed by atoms with Crippen molar-refractivity contribution in [2.45, 2.75) is 31.6 Å². The lowest BCUT2D eigenvalue weighted by molar-refractivity contribution is -0.134. The molecule has 1 aliphatic heterocycles. The minimum absolute atomic E-state index is 0.0531. The first-order valence-electron chi connectivity index (χ1n) is 7.31. The second-order valence-electron chi connectivity index (χ2n) is 5.36. The van der Waals surface area contributed by atoms with Crippen LogP contribution in [0, 0.1) is 13.8 Å². The Labute approximate surface area is 130 Å². The maximum absolute atomic E-state index is 12.1. The Kier molecular flexibility index (Phi) is 5.67. The van der Waals surface area contributed by atoms with Crippen LogP contribution < -0.4 is 5.32 Å². The number of thioether (sulfide) groups is 1. The SMILES string of the molecule is Cc1ccc(SCCC(=O)N2CCCNC(=O)C2)cc1C. The molecule has 0 aromatic heterocycles. The van der Waals surface area contributed by atoms with Crippen molar-refractivity contribution >= 4 is 23.6 Å². The van der Waals surface area contributed by atoms with E-state index in [1.54, 1.807) is 16.7 Å². The monoisotopic (exact) mass is 306 g/mol. The van der Waals surface area contributed by atoms with E-state index in [4.69, 9.17) is 0 Å². The van der Waals surface area contributed by atoms with E-state index in [1.165, 1.54) is 16.0 Å². The summed E-state index contributed by atoms with van der Waals surface area (Å²) in [6, 6.07) is 6.36. The molecule has 0 radical (unpaired) electrons. The van der Waals surface area contributed by atoms with Gasteiger partial charge in [-0.2, -0.15) is 0 Å².